The Morgan fingerprint density at radius 3 is 2.29 bits per heavy atom. The fourth-order valence-corrected chi connectivity index (χ4v) is 2.19. The Labute approximate surface area is 154 Å². The van der Waals surface area contributed by atoms with Gasteiger partial charge in [-0.2, -0.15) is 0 Å². The maximum atomic E-state index is 13.7. The smallest absolute Gasteiger partial charge is 0.245 e. The summed E-state index contributed by atoms with van der Waals surface area (Å²) >= 11 is 17.6. The van der Waals surface area contributed by atoms with Crippen molar-refractivity contribution in [1.82, 2.24) is 5.32 Å². The van der Waals surface area contributed by atoms with Gasteiger partial charge in [0.15, 0.2) is 0 Å². The highest BCUT2D eigenvalue weighted by Crippen LogP contribution is 2.31. The molecule has 0 heterocycles. The number of carbonyl (C=O) groups is 1. The van der Waals surface area contributed by atoms with E-state index in [1.165, 1.54) is 24.3 Å². The van der Waals surface area contributed by atoms with Crippen molar-refractivity contribution in [1.29, 1.82) is 0 Å². The lowest BCUT2D eigenvalue weighted by Gasteiger charge is -2.27. The van der Waals surface area contributed by atoms with Crippen LogP contribution in [0.25, 0.3) is 6.08 Å². The molecular formula is C17H14Cl3FN2O. The average molecular weight is 388 g/mol. The SMILES string of the molecule is O=C(/C=C/c1ccccc1)NC(Nc1ccccc1F)C(Cl)(Cl)Cl. The van der Waals surface area contributed by atoms with E-state index in [4.69, 9.17) is 34.8 Å². The van der Waals surface area contributed by atoms with Crippen molar-refractivity contribution < 1.29 is 9.18 Å². The molecule has 2 aromatic rings. The van der Waals surface area contributed by atoms with Gasteiger partial charge in [0.1, 0.15) is 12.0 Å². The van der Waals surface area contributed by atoms with Crippen LogP contribution in [-0.2, 0) is 4.79 Å². The molecule has 0 fully saturated rings. The van der Waals surface area contributed by atoms with Gasteiger partial charge in [0.2, 0.25) is 9.70 Å². The zero-order chi connectivity index (χ0) is 17.6. The number of hydrogen-bond acceptors (Lipinski definition) is 2. The van der Waals surface area contributed by atoms with E-state index < -0.39 is 21.7 Å². The first-order valence-corrected chi connectivity index (χ1v) is 8.11. The fraction of sp³-hybridized carbons (Fsp3) is 0.118. The molecule has 0 aliphatic rings. The molecule has 0 saturated carbocycles. The molecule has 7 heteroatoms. The zero-order valence-electron chi connectivity index (χ0n) is 12.3. The van der Waals surface area contributed by atoms with E-state index in [2.05, 4.69) is 10.6 Å². The third-order valence-corrected chi connectivity index (χ3v) is 3.67. The van der Waals surface area contributed by atoms with E-state index in [0.29, 0.717) is 0 Å². The molecule has 1 atom stereocenters. The van der Waals surface area contributed by atoms with E-state index in [1.54, 1.807) is 12.1 Å². The number of anilines is 1. The number of para-hydroxylation sites is 1. The topological polar surface area (TPSA) is 41.1 Å². The molecule has 2 rings (SSSR count). The lowest BCUT2D eigenvalue weighted by atomic mass is 10.2. The maximum absolute atomic E-state index is 13.7. The second kappa shape index (κ2) is 8.38. The third kappa shape index (κ3) is 5.71. The van der Waals surface area contributed by atoms with Crippen molar-refractivity contribution >= 4 is 52.5 Å². The number of amides is 1. The molecule has 126 valence electrons. The molecule has 0 radical (unpaired) electrons. The minimum atomic E-state index is -1.88. The maximum Gasteiger partial charge on any atom is 0.245 e. The van der Waals surface area contributed by atoms with Crippen LogP contribution in [0.5, 0.6) is 0 Å². The molecule has 1 amide bonds. The molecule has 0 spiro atoms. The van der Waals surface area contributed by atoms with Crippen LogP contribution in [0.3, 0.4) is 0 Å². The standard InChI is InChI=1S/C17H14Cl3FN2O/c18-17(19,20)16(22-14-9-5-4-8-13(14)21)23-15(24)11-10-12-6-2-1-3-7-12/h1-11,16,22H,(H,23,24)/b11-10+. The van der Waals surface area contributed by atoms with Gasteiger partial charge in [0.05, 0.1) is 5.69 Å². The zero-order valence-corrected chi connectivity index (χ0v) is 14.6. The number of nitrogens with one attached hydrogen (secondary N) is 2. The van der Waals surface area contributed by atoms with Crippen molar-refractivity contribution in [3.05, 3.63) is 72.1 Å². The molecule has 0 saturated heterocycles. The van der Waals surface area contributed by atoms with Crippen molar-refractivity contribution in [2.45, 2.75) is 9.96 Å². The quantitative estimate of drug-likeness (QED) is 0.441. The van der Waals surface area contributed by atoms with Gasteiger partial charge in [0.25, 0.3) is 0 Å². The summed E-state index contributed by atoms with van der Waals surface area (Å²) in [6.45, 7) is 0. The first-order valence-electron chi connectivity index (χ1n) is 6.97. The van der Waals surface area contributed by atoms with Crippen LogP contribution in [0.4, 0.5) is 10.1 Å². The number of benzene rings is 2. The third-order valence-electron chi connectivity index (χ3n) is 3.01. The van der Waals surface area contributed by atoms with E-state index in [1.807, 2.05) is 30.3 Å². The molecule has 1 unspecified atom stereocenters. The molecule has 0 bridgehead atoms. The van der Waals surface area contributed by atoms with Crippen LogP contribution < -0.4 is 10.6 Å². The van der Waals surface area contributed by atoms with Crippen molar-refractivity contribution in [3.63, 3.8) is 0 Å². The van der Waals surface area contributed by atoms with Crippen LogP contribution >= 0.6 is 34.8 Å². The van der Waals surface area contributed by atoms with Crippen LogP contribution in [0.2, 0.25) is 0 Å². The first kappa shape index (κ1) is 18.6. The van der Waals surface area contributed by atoms with Gasteiger partial charge < -0.3 is 10.6 Å². The summed E-state index contributed by atoms with van der Waals surface area (Å²) in [6, 6.07) is 15.1. The van der Waals surface area contributed by atoms with Crippen LogP contribution in [0.1, 0.15) is 5.56 Å². The van der Waals surface area contributed by atoms with Gasteiger partial charge in [-0.05, 0) is 23.8 Å². The summed E-state index contributed by atoms with van der Waals surface area (Å²) < 4.78 is 11.9. The Morgan fingerprint density at radius 1 is 1.04 bits per heavy atom. The van der Waals surface area contributed by atoms with Crippen LogP contribution in [-0.4, -0.2) is 15.9 Å². The summed E-state index contributed by atoms with van der Waals surface area (Å²) in [4.78, 5) is 12.0. The van der Waals surface area contributed by atoms with Gasteiger partial charge >= 0.3 is 0 Å². The largest absolute Gasteiger partial charge is 0.359 e. The lowest BCUT2D eigenvalue weighted by molar-refractivity contribution is -0.116. The first-order chi connectivity index (χ1) is 11.4. The van der Waals surface area contributed by atoms with Crippen LogP contribution in [0, 0.1) is 5.82 Å². The molecule has 3 nitrogen and oxygen atoms in total. The molecule has 0 aliphatic heterocycles. The summed E-state index contributed by atoms with van der Waals surface area (Å²) in [5.41, 5.74) is 0.960. The highest BCUT2D eigenvalue weighted by Gasteiger charge is 2.34. The second-order valence-corrected chi connectivity index (χ2v) is 7.22. The molecular weight excluding hydrogens is 374 g/mol. The van der Waals surface area contributed by atoms with Crippen LogP contribution in [0.15, 0.2) is 60.7 Å². The van der Waals surface area contributed by atoms with Gasteiger partial charge in [0, 0.05) is 6.08 Å². The predicted molar refractivity (Wildman–Crippen MR) is 97.7 cm³/mol. The number of hydrogen-bond donors (Lipinski definition) is 2. The number of carbonyl (C=O) groups excluding carboxylic acids is 1. The second-order valence-electron chi connectivity index (χ2n) is 4.85. The summed E-state index contributed by atoms with van der Waals surface area (Å²) in [7, 11) is 0. The molecule has 0 aromatic heterocycles. The Bertz CT molecular complexity index is 717. The van der Waals surface area contributed by atoms with Crippen molar-refractivity contribution in [2.24, 2.45) is 0 Å². The molecule has 2 aromatic carbocycles. The molecule has 0 aliphatic carbocycles. The number of alkyl halides is 3. The average Bonchev–Trinajstić information content (AvgIpc) is 2.54. The van der Waals surface area contributed by atoms with Crippen molar-refractivity contribution in [3.8, 4) is 0 Å². The van der Waals surface area contributed by atoms with E-state index in [0.717, 1.165) is 5.56 Å². The summed E-state index contributed by atoms with van der Waals surface area (Å²) in [5, 5.41) is 5.18. The predicted octanol–water partition coefficient (Wildman–Crippen LogP) is 4.76. The molecule has 24 heavy (non-hydrogen) atoms. The van der Waals surface area contributed by atoms with Gasteiger partial charge in [-0.1, -0.05) is 77.3 Å². The minimum absolute atomic E-state index is 0.112. The highest BCUT2D eigenvalue weighted by atomic mass is 35.6. The molecule has 2 N–H and O–H groups in total. The Balaban J connectivity index is 2.08. The van der Waals surface area contributed by atoms with Gasteiger partial charge in [-0.15, -0.1) is 0 Å². The fourth-order valence-electron chi connectivity index (χ4n) is 1.86. The number of halogens is 4. The van der Waals surface area contributed by atoms with Crippen molar-refractivity contribution in [2.75, 3.05) is 5.32 Å². The Hall–Kier alpha value is -1.75. The number of rotatable bonds is 5. The summed E-state index contributed by atoms with van der Waals surface area (Å²) in [5.74, 6) is -1.01. The lowest BCUT2D eigenvalue weighted by Crippen LogP contribution is -2.48. The van der Waals surface area contributed by atoms with E-state index in [-0.39, 0.29) is 5.69 Å². The minimum Gasteiger partial charge on any atom is -0.359 e. The highest BCUT2D eigenvalue weighted by molar-refractivity contribution is 6.68. The summed E-state index contributed by atoms with van der Waals surface area (Å²) in [6.07, 6.45) is 1.81. The van der Waals surface area contributed by atoms with E-state index in [9.17, 15) is 9.18 Å². The normalized spacial score (nSPS) is 12.8. The van der Waals surface area contributed by atoms with E-state index >= 15 is 0 Å². The Morgan fingerprint density at radius 2 is 1.67 bits per heavy atom. The van der Waals surface area contributed by atoms with Gasteiger partial charge in [-0.25, -0.2) is 4.39 Å². The Kier molecular flexibility index (Phi) is 6.49. The van der Waals surface area contributed by atoms with Gasteiger partial charge in [-0.3, -0.25) is 4.79 Å². The monoisotopic (exact) mass is 386 g/mol.